The maximum absolute atomic E-state index is 11.7. The summed E-state index contributed by atoms with van der Waals surface area (Å²) >= 11 is 0. The number of hydrogen-bond donors (Lipinski definition) is 2. The Bertz CT molecular complexity index is 295. The molecule has 0 radical (unpaired) electrons. The Labute approximate surface area is 94.7 Å². The Morgan fingerprint density at radius 3 is 2.69 bits per heavy atom. The van der Waals surface area contributed by atoms with Crippen molar-refractivity contribution >= 4 is 11.8 Å². The zero-order chi connectivity index (χ0) is 11.5. The van der Waals surface area contributed by atoms with Crippen LogP contribution in [0, 0.1) is 0 Å². The van der Waals surface area contributed by atoms with E-state index in [0.717, 1.165) is 25.9 Å². The lowest BCUT2D eigenvalue weighted by Crippen LogP contribution is -2.48. The van der Waals surface area contributed by atoms with Gasteiger partial charge in [0.25, 0.3) is 0 Å². The van der Waals surface area contributed by atoms with Gasteiger partial charge in [-0.25, -0.2) is 5.84 Å². The number of nitrogens with two attached hydrogens (primary N) is 1. The van der Waals surface area contributed by atoms with Crippen molar-refractivity contribution in [1.29, 1.82) is 0 Å². The Hall–Kier alpha value is -1.14. The molecule has 0 aromatic rings. The van der Waals surface area contributed by atoms with E-state index >= 15 is 0 Å². The van der Waals surface area contributed by atoms with Crippen LogP contribution in [-0.2, 0) is 9.59 Å². The van der Waals surface area contributed by atoms with Crippen molar-refractivity contribution in [3.05, 3.63) is 0 Å². The van der Waals surface area contributed by atoms with Gasteiger partial charge >= 0.3 is 11.8 Å². The van der Waals surface area contributed by atoms with E-state index in [1.807, 2.05) is 5.43 Å². The van der Waals surface area contributed by atoms with Crippen molar-refractivity contribution in [2.45, 2.75) is 25.3 Å². The first-order valence-corrected chi connectivity index (χ1v) is 5.76. The van der Waals surface area contributed by atoms with Gasteiger partial charge in [-0.2, -0.15) is 0 Å². The first-order chi connectivity index (χ1) is 7.72. The highest BCUT2D eigenvalue weighted by Gasteiger charge is 2.32. The summed E-state index contributed by atoms with van der Waals surface area (Å²) in [6, 6.07) is 0.428. The molecule has 0 saturated carbocycles. The summed E-state index contributed by atoms with van der Waals surface area (Å²) in [5.74, 6) is 3.75. The van der Waals surface area contributed by atoms with Gasteiger partial charge in [-0.05, 0) is 25.8 Å². The molecule has 90 valence electrons. The van der Waals surface area contributed by atoms with Crippen molar-refractivity contribution in [2.75, 3.05) is 26.2 Å². The fourth-order valence-electron chi connectivity index (χ4n) is 2.60. The number of rotatable bonds is 0. The molecular weight excluding hydrogens is 208 g/mol. The van der Waals surface area contributed by atoms with Crippen LogP contribution in [-0.4, -0.2) is 53.8 Å². The van der Waals surface area contributed by atoms with Crippen LogP contribution in [0.2, 0.25) is 0 Å². The minimum atomic E-state index is -0.716. The predicted octanol–water partition coefficient (Wildman–Crippen LogP) is -1.33. The van der Waals surface area contributed by atoms with Crippen LogP contribution < -0.4 is 11.3 Å². The lowest BCUT2D eigenvalue weighted by molar-refractivity contribution is -0.146. The van der Waals surface area contributed by atoms with E-state index in [0.29, 0.717) is 19.1 Å². The summed E-state index contributed by atoms with van der Waals surface area (Å²) in [5, 5.41) is 0. The summed E-state index contributed by atoms with van der Waals surface area (Å²) in [7, 11) is 0. The molecule has 0 aromatic heterocycles. The fourth-order valence-corrected chi connectivity index (χ4v) is 2.60. The molecule has 2 aliphatic rings. The summed E-state index contributed by atoms with van der Waals surface area (Å²) in [6.45, 7) is 3.46. The van der Waals surface area contributed by atoms with E-state index in [4.69, 9.17) is 5.84 Å². The van der Waals surface area contributed by atoms with Gasteiger partial charge in [-0.1, -0.05) is 0 Å². The number of hydrogen-bond acceptors (Lipinski definition) is 4. The molecule has 2 fully saturated rings. The number of carbonyl (C=O) groups is 2. The molecule has 6 nitrogen and oxygen atoms in total. The third-order valence-electron chi connectivity index (χ3n) is 3.42. The van der Waals surface area contributed by atoms with E-state index in [1.165, 1.54) is 6.42 Å². The molecule has 2 saturated heterocycles. The average Bonchev–Trinajstić information content (AvgIpc) is 2.64. The minimum Gasteiger partial charge on any atom is -0.333 e. The van der Waals surface area contributed by atoms with Crippen LogP contribution in [0.3, 0.4) is 0 Å². The van der Waals surface area contributed by atoms with E-state index < -0.39 is 11.8 Å². The van der Waals surface area contributed by atoms with E-state index in [2.05, 4.69) is 4.90 Å². The molecular formula is C10H18N4O2. The molecule has 0 aromatic carbocycles. The molecule has 2 aliphatic heterocycles. The van der Waals surface area contributed by atoms with Crippen LogP contribution in [0.1, 0.15) is 19.3 Å². The summed E-state index contributed by atoms with van der Waals surface area (Å²) in [6.07, 6.45) is 3.24. The van der Waals surface area contributed by atoms with Crippen molar-refractivity contribution < 1.29 is 9.59 Å². The maximum atomic E-state index is 11.7. The second kappa shape index (κ2) is 4.80. The predicted molar refractivity (Wildman–Crippen MR) is 58.1 cm³/mol. The van der Waals surface area contributed by atoms with Gasteiger partial charge in [0.15, 0.2) is 0 Å². The SMILES string of the molecule is NNC(=O)C(=O)N1CCCN2CCCC2C1. The second-order valence-corrected chi connectivity index (χ2v) is 4.41. The first kappa shape index (κ1) is 11.3. The second-order valence-electron chi connectivity index (χ2n) is 4.41. The van der Waals surface area contributed by atoms with Crippen LogP contribution in [0.4, 0.5) is 0 Å². The molecule has 2 heterocycles. The number of hydrazine groups is 1. The molecule has 1 unspecified atom stereocenters. The van der Waals surface area contributed by atoms with Crippen molar-refractivity contribution in [1.82, 2.24) is 15.2 Å². The first-order valence-electron chi connectivity index (χ1n) is 5.76. The molecule has 0 spiro atoms. The summed E-state index contributed by atoms with van der Waals surface area (Å²) in [4.78, 5) is 26.9. The van der Waals surface area contributed by atoms with Gasteiger partial charge < -0.3 is 4.90 Å². The number of amides is 2. The van der Waals surface area contributed by atoms with E-state index in [-0.39, 0.29) is 0 Å². The van der Waals surface area contributed by atoms with Crippen LogP contribution in [0.15, 0.2) is 0 Å². The topological polar surface area (TPSA) is 78.7 Å². The Morgan fingerprint density at radius 1 is 1.19 bits per heavy atom. The number of nitrogens with one attached hydrogen (secondary N) is 1. The fraction of sp³-hybridized carbons (Fsp3) is 0.800. The smallest absolute Gasteiger partial charge is 0.323 e. The van der Waals surface area contributed by atoms with Gasteiger partial charge in [0.2, 0.25) is 0 Å². The van der Waals surface area contributed by atoms with Crippen molar-refractivity contribution in [3.63, 3.8) is 0 Å². The quantitative estimate of drug-likeness (QED) is 0.232. The molecule has 0 bridgehead atoms. The third-order valence-corrected chi connectivity index (χ3v) is 3.42. The minimum absolute atomic E-state index is 0.428. The average molecular weight is 226 g/mol. The van der Waals surface area contributed by atoms with Gasteiger partial charge in [0.1, 0.15) is 0 Å². The van der Waals surface area contributed by atoms with Gasteiger partial charge in [0, 0.05) is 25.7 Å². The van der Waals surface area contributed by atoms with Crippen LogP contribution in [0.25, 0.3) is 0 Å². The summed E-state index contributed by atoms with van der Waals surface area (Å²) < 4.78 is 0. The maximum Gasteiger partial charge on any atom is 0.323 e. The van der Waals surface area contributed by atoms with Gasteiger partial charge in [-0.3, -0.25) is 19.9 Å². The third kappa shape index (κ3) is 2.17. The Kier molecular flexibility index (Phi) is 3.40. The van der Waals surface area contributed by atoms with Gasteiger partial charge in [0.05, 0.1) is 0 Å². The molecule has 2 rings (SSSR count). The molecule has 2 amide bonds. The van der Waals surface area contributed by atoms with E-state index in [1.54, 1.807) is 4.90 Å². The van der Waals surface area contributed by atoms with Crippen molar-refractivity contribution in [3.8, 4) is 0 Å². The monoisotopic (exact) mass is 226 g/mol. The lowest BCUT2D eigenvalue weighted by Gasteiger charge is -2.24. The largest absolute Gasteiger partial charge is 0.333 e. The highest BCUT2D eigenvalue weighted by Crippen LogP contribution is 2.21. The molecule has 1 atom stereocenters. The number of fused-ring (bicyclic) bond motifs is 1. The van der Waals surface area contributed by atoms with Crippen LogP contribution >= 0.6 is 0 Å². The highest BCUT2D eigenvalue weighted by atomic mass is 16.2. The van der Waals surface area contributed by atoms with Gasteiger partial charge in [-0.15, -0.1) is 0 Å². The summed E-state index contributed by atoms with van der Waals surface area (Å²) in [5.41, 5.74) is 1.90. The standard InChI is InChI=1S/C10H18N4O2/c11-12-9(15)10(16)14-6-2-5-13-4-1-3-8(13)7-14/h8H,1-7,11H2,(H,12,15). The number of carbonyl (C=O) groups excluding carboxylic acids is 2. The zero-order valence-corrected chi connectivity index (χ0v) is 9.32. The molecule has 3 N–H and O–H groups in total. The van der Waals surface area contributed by atoms with Crippen molar-refractivity contribution in [2.24, 2.45) is 5.84 Å². The lowest BCUT2D eigenvalue weighted by atomic mass is 10.2. The van der Waals surface area contributed by atoms with E-state index in [9.17, 15) is 9.59 Å². The normalized spacial score (nSPS) is 26.1. The zero-order valence-electron chi connectivity index (χ0n) is 9.32. The Morgan fingerprint density at radius 2 is 1.94 bits per heavy atom. The molecule has 0 aliphatic carbocycles. The van der Waals surface area contributed by atoms with Crippen LogP contribution in [0.5, 0.6) is 0 Å². The number of nitrogens with zero attached hydrogens (tertiary/aromatic N) is 2. The molecule has 6 heteroatoms. The molecule has 16 heavy (non-hydrogen) atoms. The highest BCUT2D eigenvalue weighted by molar-refractivity contribution is 6.34. The Balaban J connectivity index is 2.00.